The third-order valence-corrected chi connectivity index (χ3v) is 4.16. The molecule has 0 bridgehead atoms. The number of hydrogen-bond donors (Lipinski definition) is 0. The summed E-state index contributed by atoms with van der Waals surface area (Å²) in [5, 5.41) is 0. The highest BCUT2D eigenvalue weighted by molar-refractivity contribution is 5.77. The van der Waals surface area contributed by atoms with Gasteiger partial charge in [-0.05, 0) is 24.3 Å². The Morgan fingerprint density at radius 2 is 1.50 bits per heavy atom. The number of para-hydroxylation sites is 2. The summed E-state index contributed by atoms with van der Waals surface area (Å²) in [5.41, 5.74) is 3.33. The van der Waals surface area contributed by atoms with Crippen LogP contribution in [0.4, 0.5) is 0 Å². The van der Waals surface area contributed by atoms with Crippen LogP contribution in [0, 0.1) is 0 Å². The van der Waals surface area contributed by atoms with Crippen molar-refractivity contribution in [2.75, 3.05) is 21.3 Å². The summed E-state index contributed by atoms with van der Waals surface area (Å²) in [6.07, 6.45) is 0. The van der Waals surface area contributed by atoms with Crippen molar-refractivity contribution >= 4 is 11.0 Å². The summed E-state index contributed by atoms with van der Waals surface area (Å²) in [6, 6.07) is 12.2. The Morgan fingerprint density at radius 1 is 0.917 bits per heavy atom. The smallest absolute Gasteiger partial charge is 0.289 e. The van der Waals surface area contributed by atoms with Crippen LogP contribution in [0.3, 0.4) is 0 Å². The van der Waals surface area contributed by atoms with Crippen molar-refractivity contribution in [1.29, 1.82) is 0 Å². The highest BCUT2D eigenvalue weighted by Crippen LogP contribution is 2.40. The molecule has 0 N–H and O–H groups in total. The van der Waals surface area contributed by atoms with Crippen LogP contribution in [-0.4, -0.2) is 25.9 Å². The third-order valence-electron chi connectivity index (χ3n) is 4.16. The van der Waals surface area contributed by atoms with Crippen LogP contribution in [0.25, 0.3) is 22.4 Å². The number of benzene rings is 2. The summed E-state index contributed by atoms with van der Waals surface area (Å²) in [6.45, 7) is 0. The number of hydrogen-bond acceptors (Lipinski definition) is 3. The van der Waals surface area contributed by atoms with E-state index in [9.17, 15) is 0 Å². The lowest BCUT2D eigenvalue weighted by atomic mass is 10.1. The molecule has 0 aliphatic heterocycles. The van der Waals surface area contributed by atoms with Crippen LogP contribution in [0.1, 0.15) is 0 Å². The normalized spacial score (nSPS) is 10.4. The van der Waals surface area contributed by atoms with Gasteiger partial charge in [-0.25, -0.2) is 9.13 Å². The lowest BCUT2D eigenvalue weighted by molar-refractivity contribution is -0.634. The summed E-state index contributed by atoms with van der Waals surface area (Å²) >= 11 is 0. The van der Waals surface area contributed by atoms with E-state index < -0.39 is 0 Å². The zero-order valence-corrected chi connectivity index (χ0v) is 15.2. The van der Waals surface area contributed by atoms with E-state index in [2.05, 4.69) is 35.4 Å². The van der Waals surface area contributed by atoms with E-state index in [1.807, 2.05) is 24.3 Å². The maximum atomic E-state index is 5.47. The lowest BCUT2D eigenvalue weighted by Crippen LogP contribution is -3.00. The molecule has 1 heterocycles. The van der Waals surface area contributed by atoms with Gasteiger partial charge in [0.25, 0.3) is 5.82 Å². The fourth-order valence-corrected chi connectivity index (χ4v) is 3.08. The second-order valence-corrected chi connectivity index (χ2v) is 5.34. The van der Waals surface area contributed by atoms with Crippen molar-refractivity contribution in [3.8, 4) is 28.6 Å². The van der Waals surface area contributed by atoms with Crippen molar-refractivity contribution in [3.05, 3.63) is 36.4 Å². The molecule has 0 saturated heterocycles. The number of fused-ring (bicyclic) bond motifs is 1. The number of halogens is 1. The summed E-state index contributed by atoms with van der Waals surface area (Å²) < 4.78 is 20.7. The van der Waals surface area contributed by atoms with Crippen molar-refractivity contribution in [2.24, 2.45) is 14.1 Å². The van der Waals surface area contributed by atoms with Gasteiger partial charge in [0.05, 0.1) is 41.0 Å². The quantitative estimate of drug-likeness (QED) is 0.607. The van der Waals surface area contributed by atoms with Gasteiger partial charge >= 0.3 is 0 Å². The zero-order chi connectivity index (χ0) is 16.6. The predicted molar refractivity (Wildman–Crippen MR) is 89.2 cm³/mol. The number of rotatable bonds is 4. The minimum absolute atomic E-state index is 0. The maximum absolute atomic E-state index is 5.47. The molecule has 128 valence electrons. The molecule has 0 aliphatic rings. The second-order valence-electron chi connectivity index (χ2n) is 5.34. The van der Waals surface area contributed by atoms with Gasteiger partial charge in [0, 0.05) is 0 Å². The molecule has 6 heteroatoms. The molecule has 3 rings (SSSR count). The molecule has 0 aliphatic carbocycles. The van der Waals surface area contributed by atoms with Crippen molar-refractivity contribution in [3.63, 3.8) is 0 Å². The number of nitrogens with zero attached hydrogens (tertiary/aromatic N) is 2. The standard InChI is InChI=1S/C18H21N2O3.ClH/c1-19-13-8-6-7-9-14(13)20(2)18(19)12-10-15(21-3)17(23-5)16(11-12)22-4;/h6-11H,1-5H3;1H/q+1;/p-1. The SMILES string of the molecule is COc1cc(-c2n(C)c3ccccc3[n+]2C)cc(OC)c1OC.[Cl-]. The Balaban J connectivity index is 0.00000208. The molecule has 0 saturated carbocycles. The monoisotopic (exact) mass is 348 g/mol. The summed E-state index contributed by atoms with van der Waals surface area (Å²) in [4.78, 5) is 0. The van der Waals surface area contributed by atoms with Crippen LogP contribution in [0.5, 0.6) is 17.2 Å². The Labute approximate surface area is 147 Å². The number of imidazole rings is 1. The molecule has 0 atom stereocenters. The first kappa shape index (κ1) is 17.9. The van der Waals surface area contributed by atoms with Crippen LogP contribution >= 0.6 is 0 Å². The molecule has 0 unspecified atom stereocenters. The molecular formula is C18H21ClN2O3. The van der Waals surface area contributed by atoms with Gasteiger partial charge in [-0.1, -0.05) is 12.1 Å². The lowest BCUT2D eigenvalue weighted by Gasteiger charge is -2.13. The molecular weight excluding hydrogens is 328 g/mol. The van der Waals surface area contributed by atoms with Crippen molar-refractivity contribution < 1.29 is 31.2 Å². The predicted octanol–water partition coefficient (Wildman–Crippen LogP) is -0.300. The first-order valence-electron chi connectivity index (χ1n) is 7.36. The van der Waals surface area contributed by atoms with Crippen LogP contribution in [-0.2, 0) is 14.1 Å². The first-order chi connectivity index (χ1) is 11.1. The molecule has 5 nitrogen and oxygen atoms in total. The van der Waals surface area contributed by atoms with Gasteiger partial charge in [0.15, 0.2) is 22.5 Å². The molecule has 0 radical (unpaired) electrons. The average molecular weight is 349 g/mol. The van der Waals surface area contributed by atoms with Gasteiger partial charge in [0.2, 0.25) is 5.75 Å². The molecule has 0 spiro atoms. The van der Waals surface area contributed by atoms with Crippen LogP contribution in [0.2, 0.25) is 0 Å². The van der Waals surface area contributed by atoms with Gasteiger partial charge in [0.1, 0.15) is 0 Å². The topological polar surface area (TPSA) is 36.5 Å². The van der Waals surface area contributed by atoms with E-state index in [4.69, 9.17) is 14.2 Å². The van der Waals surface area contributed by atoms with E-state index in [0.717, 1.165) is 11.4 Å². The molecule has 24 heavy (non-hydrogen) atoms. The molecule has 3 aromatic rings. The summed E-state index contributed by atoms with van der Waals surface area (Å²) in [5.74, 6) is 2.95. The molecule has 0 amide bonds. The molecule has 1 aromatic heterocycles. The van der Waals surface area contributed by atoms with Gasteiger partial charge in [-0.15, -0.1) is 0 Å². The maximum Gasteiger partial charge on any atom is 0.289 e. The van der Waals surface area contributed by atoms with Crippen LogP contribution in [0.15, 0.2) is 36.4 Å². The van der Waals surface area contributed by atoms with E-state index in [-0.39, 0.29) is 12.4 Å². The van der Waals surface area contributed by atoms with E-state index in [1.54, 1.807) is 21.3 Å². The number of ether oxygens (including phenoxy) is 3. The number of methoxy groups -OCH3 is 3. The fraction of sp³-hybridized carbons (Fsp3) is 0.278. The largest absolute Gasteiger partial charge is 1.00 e. The molecule has 2 aromatic carbocycles. The Bertz CT molecular complexity index is 810. The highest BCUT2D eigenvalue weighted by atomic mass is 35.5. The third kappa shape index (κ3) is 2.65. The average Bonchev–Trinajstić information content (AvgIpc) is 2.85. The molecule has 0 fully saturated rings. The van der Waals surface area contributed by atoms with Gasteiger partial charge in [-0.3, -0.25) is 0 Å². The fourth-order valence-electron chi connectivity index (χ4n) is 3.08. The number of aryl methyl sites for hydroxylation is 2. The zero-order valence-electron chi connectivity index (χ0n) is 14.5. The van der Waals surface area contributed by atoms with Crippen molar-refractivity contribution in [1.82, 2.24) is 4.57 Å². The Kier molecular flexibility index (Phi) is 5.24. The van der Waals surface area contributed by atoms with Crippen LogP contribution < -0.4 is 31.2 Å². The summed E-state index contributed by atoms with van der Waals surface area (Å²) in [7, 11) is 8.98. The minimum atomic E-state index is 0. The van der Waals surface area contributed by atoms with E-state index in [1.165, 1.54) is 11.0 Å². The first-order valence-corrected chi connectivity index (χ1v) is 7.36. The minimum Gasteiger partial charge on any atom is -1.00 e. The number of aromatic nitrogens is 2. The highest BCUT2D eigenvalue weighted by Gasteiger charge is 2.24. The van der Waals surface area contributed by atoms with Gasteiger partial charge in [-0.2, -0.15) is 0 Å². The van der Waals surface area contributed by atoms with E-state index in [0.29, 0.717) is 17.2 Å². The Hall–Kier alpha value is -2.40. The second kappa shape index (κ2) is 7.01. The van der Waals surface area contributed by atoms with Crippen molar-refractivity contribution in [2.45, 2.75) is 0 Å². The Morgan fingerprint density at radius 3 is 2.00 bits per heavy atom. The van der Waals surface area contributed by atoms with E-state index >= 15 is 0 Å². The van der Waals surface area contributed by atoms with Gasteiger partial charge < -0.3 is 26.6 Å².